The number of ether oxygens (including phenoxy) is 2. The van der Waals surface area contributed by atoms with Crippen molar-refractivity contribution in [2.24, 2.45) is 0 Å². The number of hydrogen-bond acceptors (Lipinski definition) is 4. The molecule has 0 aromatic rings. The fraction of sp³-hybridized carbons (Fsp3) is 0.765. The Kier molecular flexibility index (Phi) is 11.6. The third-order valence-electron chi connectivity index (χ3n) is 3.17. The van der Waals surface area contributed by atoms with Gasteiger partial charge in [-0.15, -0.1) is 0 Å². The number of carbonyl (C=O) groups excluding carboxylic acids is 2. The van der Waals surface area contributed by atoms with Gasteiger partial charge in [0.15, 0.2) is 0 Å². The summed E-state index contributed by atoms with van der Waals surface area (Å²) >= 11 is 0. The summed E-state index contributed by atoms with van der Waals surface area (Å²) in [5.74, 6) is -0.739. The van der Waals surface area contributed by atoms with Crippen LogP contribution < -0.4 is 0 Å². The fourth-order valence-electron chi connectivity index (χ4n) is 1.90. The van der Waals surface area contributed by atoms with E-state index in [1.165, 1.54) is 0 Å². The van der Waals surface area contributed by atoms with Crippen molar-refractivity contribution in [3.8, 4) is 0 Å². The molecule has 4 nitrogen and oxygen atoms in total. The molecule has 0 fully saturated rings. The van der Waals surface area contributed by atoms with Crippen LogP contribution in [-0.2, 0) is 19.1 Å². The van der Waals surface area contributed by atoms with Crippen LogP contribution in [0.2, 0.25) is 0 Å². The van der Waals surface area contributed by atoms with Crippen LogP contribution in [-0.4, -0.2) is 25.2 Å². The maximum absolute atomic E-state index is 12.2. The predicted octanol–water partition coefficient (Wildman–Crippen LogP) is 4.18. The van der Waals surface area contributed by atoms with Crippen LogP contribution in [0.3, 0.4) is 0 Å². The van der Waals surface area contributed by atoms with Crippen LogP contribution in [0.1, 0.15) is 72.6 Å². The van der Waals surface area contributed by atoms with E-state index in [-0.39, 0.29) is 11.9 Å². The molecule has 4 heteroatoms. The third kappa shape index (κ3) is 7.88. The maximum atomic E-state index is 12.2. The van der Waals surface area contributed by atoms with E-state index in [0.29, 0.717) is 37.2 Å². The molecular weight excluding hydrogens is 268 g/mol. The first-order chi connectivity index (χ1) is 10.1. The zero-order chi connectivity index (χ0) is 16.1. The van der Waals surface area contributed by atoms with Gasteiger partial charge in [-0.3, -0.25) is 0 Å². The first-order valence-electron chi connectivity index (χ1n) is 8.18. The molecule has 0 aliphatic rings. The zero-order valence-electron chi connectivity index (χ0n) is 14.0. The van der Waals surface area contributed by atoms with Gasteiger partial charge in [0.1, 0.15) is 0 Å². The first-order valence-corrected chi connectivity index (χ1v) is 8.18. The van der Waals surface area contributed by atoms with Crippen LogP contribution in [0.5, 0.6) is 0 Å². The number of esters is 2. The average Bonchev–Trinajstić information content (AvgIpc) is 2.47. The number of rotatable bonds is 11. The van der Waals surface area contributed by atoms with Gasteiger partial charge >= 0.3 is 11.9 Å². The molecule has 0 amide bonds. The summed E-state index contributed by atoms with van der Waals surface area (Å²) < 4.78 is 10.5. The molecular formula is C17H30O4. The van der Waals surface area contributed by atoms with Gasteiger partial charge in [-0.2, -0.15) is 0 Å². The van der Waals surface area contributed by atoms with Gasteiger partial charge in [0.05, 0.1) is 13.2 Å². The monoisotopic (exact) mass is 298 g/mol. The van der Waals surface area contributed by atoms with Crippen LogP contribution in [0.4, 0.5) is 0 Å². The molecule has 0 radical (unpaired) electrons. The van der Waals surface area contributed by atoms with Gasteiger partial charge in [0, 0.05) is 11.1 Å². The summed E-state index contributed by atoms with van der Waals surface area (Å²) in [5, 5.41) is 0. The van der Waals surface area contributed by atoms with E-state index in [2.05, 4.69) is 0 Å². The molecule has 0 spiro atoms. The number of hydrogen-bond donors (Lipinski definition) is 0. The highest BCUT2D eigenvalue weighted by Crippen LogP contribution is 2.18. The molecule has 0 unspecified atom stereocenters. The smallest absolute Gasteiger partial charge is 0.334 e. The highest BCUT2D eigenvalue weighted by Gasteiger charge is 2.21. The molecule has 122 valence electrons. The molecule has 0 N–H and O–H groups in total. The molecule has 0 atom stereocenters. The molecule has 0 saturated heterocycles. The first kappa shape index (κ1) is 19.7. The standard InChI is InChI=1S/C17H30O4/c1-5-9-12-20-16(18)14(8-4)15(11-7-3)17(19)21-13-10-6-2/h5-13H2,1-4H3. The Labute approximate surface area is 128 Å². The Morgan fingerprint density at radius 3 is 1.57 bits per heavy atom. The van der Waals surface area contributed by atoms with Crippen molar-refractivity contribution in [2.45, 2.75) is 72.6 Å². The Morgan fingerprint density at radius 1 is 0.714 bits per heavy atom. The summed E-state index contributed by atoms with van der Waals surface area (Å²) in [6, 6.07) is 0. The van der Waals surface area contributed by atoms with Gasteiger partial charge in [-0.25, -0.2) is 9.59 Å². The minimum atomic E-state index is -0.373. The molecule has 0 aromatic carbocycles. The van der Waals surface area contributed by atoms with Gasteiger partial charge in [-0.1, -0.05) is 47.0 Å². The summed E-state index contributed by atoms with van der Waals surface area (Å²) in [4.78, 5) is 24.3. The summed E-state index contributed by atoms with van der Waals surface area (Å²) in [6.07, 6.45) is 5.46. The summed E-state index contributed by atoms with van der Waals surface area (Å²) in [7, 11) is 0. The van der Waals surface area contributed by atoms with Gasteiger partial charge in [0.2, 0.25) is 0 Å². The molecule has 0 aliphatic heterocycles. The van der Waals surface area contributed by atoms with Crippen molar-refractivity contribution in [2.75, 3.05) is 13.2 Å². The van der Waals surface area contributed by atoms with Gasteiger partial charge in [0.25, 0.3) is 0 Å². The van der Waals surface area contributed by atoms with Crippen LogP contribution >= 0.6 is 0 Å². The quantitative estimate of drug-likeness (QED) is 0.326. The molecule has 0 aromatic heterocycles. The predicted molar refractivity (Wildman–Crippen MR) is 84.0 cm³/mol. The Balaban J connectivity index is 4.92. The molecule has 0 aliphatic carbocycles. The normalized spacial score (nSPS) is 11.8. The maximum Gasteiger partial charge on any atom is 0.334 e. The Bertz CT molecular complexity index is 345. The van der Waals surface area contributed by atoms with Gasteiger partial charge in [-0.05, 0) is 25.7 Å². The minimum Gasteiger partial charge on any atom is -0.462 e. The molecule has 0 heterocycles. The Morgan fingerprint density at radius 2 is 1.19 bits per heavy atom. The second-order valence-electron chi connectivity index (χ2n) is 5.04. The lowest BCUT2D eigenvalue weighted by Gasteiger charge is -2.13. The average molecular weight is 298 g/mol. The lowest BCUT2D eigenvalue weighted by Crippen LogP contribution is -2.17. The highest BCUT2D eigenvalue weighted by molar-refractivity contribution is 6.00. The van der Waals surface area contributed by atoms with E-state index in [4.69, 9.17) is 9.47 Å². The second kappa shape index (κ2) is 12.4. The summed E-state index contributed by atoms with van der Waals surface area (Å²) in [5.41, 5.74) is 0.951. The van der Waals surface area contributed by atoms with Crippen molar-refractivity contribution in [3.05, 3.63) is 11.1 Å². The van der Waals surface area contributed by atoms with Crippen LogP contribution in [0, 0.1) is 0 Å². The van der Waals surface area contributed by atoms with E-state index >= 15 is 0 Å². The summed E-state index contributed by atoms with van der Waals surface area (Å²) in [6.45, 7) is 8.74. The van der Waals surface area contributed by atoms with E-state index in [0.717, 1.165) is 32.1 Å². The fourth-order valence-corrected chi connectivity index (χ4v) is 1.90. The second-order valence-corrected chi connectivity index (χ2v) is 5.04. The van der Waals surface area contributed by atoms with E-state index < -0.39 is 0 Å². The van der Waals surface area contributed by atoms with E-state index in [1.807, 2.05) is 27.7 Å². The largest absolute Gasteiger partial charge is 0.462 e. The van der Waals surface area contributed by atoms with E-state index in [1.54, 1.807) is 0 Å². The Hall–Kier alpha value is -1.32. The van der Waals surface area contributed by atoms with E-state index in [9.17, 15) is 9.59 Å². The van der Waals surface area contributed by atoms with Crippen LogP contribution in [0.15, 0.2) is 11.1 Å². The molecule has 0 rings (SSSR count). The third-order valence-corrected chi connectivity index (χ3v) is 3.17. The van der Waals surface area contributed by atoms with Gasteiger partial charge < -0.3 is 9.47 Å². The minimum absolute atomic E-state index is 0.366. The molecule has 21 heavy (non-hydrogen) atoms. The zero-order valence-corrected chi connectivity index (χ0v) is 14.0. The SMILES string of the molecule is CCCCOC(=O)C(CC)=C(CCC)C(=O)OCCCC. The van der Waals surface area contributed by atoms with Crippen molar-refractivity contribution in [3.63, 3.8) is 0 Å². The van der Waals surface area contributed by atoms with Crippen molar-refractivity contribution < 1.29 is 19.1 Å². The highest BCUT2D eigenvalue weighted by atomic mass is 16.5. The topological polar surface area (TPSA) is 52.6 Å². The lowest BCUT2D eigenvalue weighted by molar-refractivity contribution is -0.142. The van der Waals surface area contributed by atoms with Crippen molar-refractivity contribution in [1.82, 2.24) is 0 Å². The van der Waals surface area contributed by atoms with Crippen LogP contribution in [0.25, 0.3) is 0 Å². The van der Waals surface area contributed by atoms with Crippen molar-refractivity contribution in [1.29, 1.82) is 0 Å². The number of unbranched alkanes of at least 4 members (excludes halogenated alkanes) is 2. The molecule has 0 saturated carbocycles. The van der Waals surface area contributed by atoms with Crippen molar-refractivity contribution >= 4 is 11.9 Å². The molecule has 0 bridgehead atoms. The lowest BCUT2D eigenvalue weighted by atomic mass is 10.0. The number of carbonyl (C=O) groups is 2.